The van der Waals surface area contributed by atoms with Crippen LogP contribution < -0.4 is 5.32 Å². The molecule has 9 aromatic rings. The largest absolute Gasteiger partial charge is 0.455 e. The highest BCUT2D eigenvalue weighted by atomic mass is 16.3. The molecular formula is C47H31N3O. The first-order chi connectivity index (χ1) is 25.3. The summed E-state index contributed by atoms with van der Waals surface area (Å²) in [5.74, 6) is 1.43. The molecule has 0 bridgehead atoms. The van der Waals surface area contributed by atoms with Gasteiger partial charge in [0.25, 0.3) is 0 Å². The minimum atomic E-state index is -0.307. The molecule has 4 heteroatoms. The molecule has 10 rings (SSSR count). The lowest BCUT2D eigenvalue weighted by molar-refractivity contribution is 0.670. The van der Waals surface area contributed by atoms with Gasteiger partial charge in [-0.15, -0.1) is 0 Å². The molecule has 8 aromatic carbocycles. The molecule has 0 amide bonds. The molecule has 51 heavy (non-hydrogen) atoms. The topological polar surface area (TPSA) is 49.9 Å². The van der Waals surface area contributed by atoms with Gasteiger partial charge in [0, 0.05) is 27.3 Å². The van der Waals surface area contributed by atoms with Gasteiger partial charge in [-0.05, 0) is 62.2 Å². The van der Waals surface area contributed by atoms with E-state index in [0.717, 1.165) is 66.4 Å². The van der Waals surface area contributed by atoms with E-state index in [9.17, 15) is 0 Å². The van der Waals surface area contributed by atoms with Crippen molar-refractivity contribution >= 4 is 55.2 Å². The third-order valence-corrected chi connectivity index (χ3v) is 9.93. The fraction of sp³-hybridized carbons (Fsp3) is 0.0213. The van der Waals surface area contributed by atoms with E-state index in [2.05, 4.69) is 145 Å². The number of rotatable bonds is 5. The molecule has 0 spiro atoms. The van der Waals surface area contributed by atoms with Gasteiger partial charge in [0.2, 0.25) is 0 Å². The maximum absolute atomic E-state index is 6.87. The average Bonchev–Trinajstić information content (AvgIpc) is 3.60. The Morgan fingerprint density at radius 3 is 1.86 bits per heavy atom. The van der Waals surface area contributed by atoms with Crippen LogP contribution in [0.15, 0.2) is 190 Å². The molecule has 4 nitrogen and oxygen atoms in total. The van der Waals surface area contributed by atoms with Crippen molar-refractivity contribution in [2.75, 3.05) is 0 Å². The first kappa shape index (κ1) is 29.2. The number of furan rings is 1. The Hall–Kier alpha value is -6.78. The van der Waals surface area contributed by atoms with Crippen LogP contribution >= 0.6 is 0 Å². The normalized spacial score (nSPS) is 14.5. The summed E-state index contributed by atoms with van der Waals surface area (Å²) >= 11 is 0. The van der Waals surface area contributed by atoms with E-state index in [0.29, 0.717) is 5.84 Å². The van der Waals surface area contributed by atoms with E-state index < -0.39 is 0 Å². The van der Waals surface area contributed by atoms with Crippen LogP contribution in [-0.2, 0) is 0 Å². The molecule has 0 radical (unpaired) electrons. The SMILES string of the molecule is c1ccc(C2=NC(c3cc(-c4ccc(-c5ccccc5)c5ccccc45)c4c(c3)oc3c5ccccc5ccc34)=NC(c3ccccc3)N2)cc1. The van der Waals surface area contributed by atoms with Crippen LogP contribution in [0, 0.1) is 0 Å². The molecule has 0 saturated heterocycles. The van der Waals surface area contributed by atoms with Crippen molar-refractivity contribution in [1.82, 2.24) is 5.32 Å². The van der Waals surface area contributed by atoms with Crippen molar-refractivity contribution in [3.05, 3.63) is 193 Å². The summed E-state index contributed by atoms with van der Waals surface area (Å²) in [6, 6.07) is 61.6. The lowest BCUT2D eigenvalue weighted by Crippen LogP contribution is -2.33. The molecule has 1 atom stereocenters. The van der Waals surface area contributed by atoms with E-state index in [1.165, 1.54) is 21.9 Å². The Morgan fingerprint density at radius 2 is 1.10 bits per heavy atom. The fourth-order valence-electron chi connectivity index (χ4n) is 7.51. The van der Waals surface area contributed by atoms with Crippen LogP contribution in [0.1, 0.15) is 22.9 Å². The average molecular weight is 654 g/mol. The van der Waals surface area contributed by atoms with Crippen molar-refractivity contribution in [3.8, 4) is 22.3 Å². The number of benzene rings is 8. The van der Waals surface area contributed by atoms with Crippen LogP contribution in [0.4, 0.5) is 0 Å². The predicted molar refractivity (Wildman–Crippen MR) is 211 cm³/mol. The maximum Gasteiger partial charge on any atom is 0.159 e. The molecule has 2 heterocycles. The van der Waals surface area contributed by atoms with Gasteiger partial charge >= 0.3 is 0 Å². The predicted octanol–water partition coefficient (Wildman–Crippen LogP) is 11.7. The summed E-state index contributed by atoms with van der Waals surface area (Å²) in [4.78, 5) is 10.4. The number of nitrogens with one attached hydrogen (secondary N) is 1. The van der Waals surface area contributed by atoms with Gasteiger partial charge in [0.1, 0.15) is 23.2 Å². The molecule has 0 fully saturated rings. The van der Waals surface area contributed by atoms with Crippen molar-refractivity contribution in [1.29, 1.82) is 0 Å². The highest BCUT2D eigenvalue weighted by molar-refractivity contribution is 6.23. The highest BCUT2D eigenvalue weighted by Gasteiger charge is 2.24. The Morgan fingerprint density at radius 1 is 0.471 bits per heavy atom. The molecule has 1 unspecified atom stereocenters. The number of hydrogen-bond acceptors (Lipinski definition) is 4. The summed E-state index contributed by atoms with van der Waals surface area (Å²) in [5, 5.41) is 10.4. The van der Waals surface area contributed by atoms with E-state index in [4.69, 9.17) is 14.4 Å². The van der Waals surface area contributed by atoms with Crippen molar-refractivity contribution in [3.63, 3.8) is 0 Å². The summed E-state index contributed by atoms with van der Waals surface area (Å²) in [6.07, 6.45) is -0.307. The van der Waals surface area contributed by atoms with E-state index >= 15 is 0 Å². The van der Waals surface area contributed by atoms with Crippen LogP contribution in [0.25, 0.3) is 65.7 Å². The first-order valence-electron chi connectivity index (χ1n) is 17.3. The summed E-state index contributed by atoms with van der Waals surface area (Å²) in [7, 11) is 0. The van der Waals surface area contributed by atoms with Crippen molar-refractivity contribution in [2.24, 2.45) is 9.98 Å². The third kappa shape index (κ3) is 5.00. The maximum atomic E-state index is 6.87. The summed E-state index contributed by atoms with van der Waals surface area (Å²) in [6.45, 7) is 0. The highest BCUT2D eigenvalue weighted by Crippen LogP contribution is 2.44. The number of nitrogens with zero attached hydrogens (tertiary/aromatic N) is 2. The lowest BCUT2D eigenvalue weighted by Gasteiger charge is -2.24. The number of amidine groups is 2. The van der Waals surface area contributed by atoms with Gasteiger partial charge in [0.05, 0.1) is 0 Å². The van der Waals surface area contributed by atoms with Gasteiger partial charge in [-0.1, -0.05) is 158 Å². The van der Waals surface area contributed by atoms with Crippen LogP contribution in [0.3, 0.4) is 0 Å². The molecule has 0 saturated carbocycles. The molecule has 1 aliphatic rings. The molecule has 1 N–H and O–H groups in total. The third-order valence-electron chi connectivity index (χ3n) is 9.93. The first-order valence-corrected chi connectivity index (χ1v) is 17.3. The van der Waals surface area contributed by atoms with Gasteiger partial charge in [0.15, 0.2) is 5.84 Å². The van der Waals surface area contributed by atoms with Gasteiger partial charge < -0.3 is 9.73 Å². The Balaban J connectivity index is 1.26. The molecular weight excluding hydrogens is 623 g/mol. The molecule has 0 aliphatic carbocycles. The zero-order valence-electron chi connectivity index (χ0n) is 27.6. The molecule has 1 aliphatic heterocycles. The van der Waals surface area contributed by atoms with Crippen LogP contribution in [0.2, 0.25) is 0 Å². The number of aliphatic imine (C=N–C) groups is 2. The van der Waals surface area contributed by atoms with Crippen LogP contribution in [0.5, 0.6) is 0 Å². The smallest absolute Gasteiger partial charge is 0.159 e. The number of fused-ring (bicyclic) bond motifs is 6. The van der Waals surface area contributed by atoms with Gasteiger partial charge in [-0.25, -0.2) is 9.98 Å². The summed E-state index contributed by atoms with van der Waals surface area (Å²) in [5.41, 5.74) is 9.27. The standard InChI is InChI=1S/C47H31N3O/c1-4-14-30(15-5-1)35-26-27-39(38-23-13-12-22-37(35)38)41-28-34(29-42-43(41)40-25-24-31-16-10-11-21-36(31)44(40)51-42)47-49-45(32-17-6-2-7-18-32)48-46(50-47)33-19-8-3-9-20-33/h1-29,45H,(H,48,49,50). The lowest BCUT2D eigenvalue weighted by atomic mass is 9.89. The zero-order valence-corrected chi connectivity index (χ0v) is 27.6. The van der Waals surface area contributed by atoms with Crippen molar-refractivity contribution < 1.29 is 4.42 Å². The Bertz CT molecular complexity index is 2820. The quantitative estimate of drug-likeness (QED) is 0.201. The minimum absolute atomic E-state index is 0.307. The second-order valence-electron chi connectivity index (χ2n) is 13.0. The molecule has 1 aromatic heterocycles. The fourth-order valence-corrected chi connectivity index (χ4v) is 7.51. The Labute approximate surface area is 295 Å². The monoisotopic (exact) mass is 653 g/mol. The van der Waals surface area contributed by atoms with Gasteiger partial charge in [-0.2, -0.15) is 0 Å². The minimum Gasteiger partial charge on any atom is -0.455 e. The Kier molecular flexibility index (Phi) is 6.85. The van der Waals surface area contributed by atoms with E-state index in [1.807, 2.05) is 36.4 Å². The molecule has 240 valence electrons. The summed E-state index contributed by atoms with van der Waals surface area (Å²) < 4.78 is 6.87. The number of hydrogen-bond donors (Lipinski definition) is 1. The van der Waals surface area contributed by atoms with Crippen LogP contribution in [-0.4, -0.2) is 11.7 Å². The van der Waals surface area contributed by atoms with E-state index in [1.54, 1.807) is 0 Å². The zero-order chi connectivity index (χ0) is 33.7. The second kappa shape index (κ2) is 12.0. The second-order valence-corrected chi connectivity index (χ2v) is 13.0. The van der Waals surface area contributed by atoms with Gasteiger partial charge in [-0.3, -0.25) is 0 Å². The van der Waals surface area contributed by atoms with Crippen molar-refractivity contribution in [2.45, 2.75) is 6.17 Å². The van der Waals surface area contributed by atoms with E-state index in [-0.39, 0.29) is 6.17 Å².